The van der Waals surface area contributed by atoms with Gasteiger partial charge >= 0.3 is 6.61 Å². The summed E-state index contributed by atoms with van der Waals surface area (Å²) in [5, 5.41) is 4.93. The van der Waals surface area contributed by atoms with Crippen LogP contribution in [0, 0.1) is 6.92 Å². The first-order valence-electron chi connectivity index (χ1n) is 10.8. The van der Waals surface area contributed by atoms with Gasteiger partial charge < -0.3 is 15.0 Å². The molecule has 2 aromatic carbocycles. The van der Waals surface area contributed by atoms with Crippen molar-refractivity contribution in [2.45, 2.75) is 51.8 Å². The van der Waals surface area contributed by atoms with Crippen LogP contribution in [0.4, 0.5) is 14.5 Å². The van der Waals surface area contributed by atoms with Crippen molar-refractivity contribution in [2.24, 2.45) is 0 Å². The molecule has 2 heterocycles. The minimum atomic E-state index is -2.96. The van der Waals surface area contributed by atoms with Crippen molar-refractivity contribution in [1.29, 1.82) is 0 Å². The van der Waals surface area contributed by atoms with Crippen LogP contribution in [0.5, 0.6) is 5.75 Å². The zero-order valence-electron chi connectivity index (χ0n) is 18.4. The molecule has 178 valence electrons. The van der Waals surface area contributed by atoms with Crippen LogP contribution in [0.15, 0.2) is 36.4 Å². The summed E-state index contributed by atoms with van der Waals surface area (Å²) in [6.07, 6.45) is 0.952. The van der Waals surface area contributed by atoms with Crippen molar-refractivity contribution >= 4 is 29.3 Å². The fraction of sp³-hybridized carbons (Fsp3) is 0.333. The third kappa shape index (κ3) is 5.05. The largest absolute Gasteiger partial charge is 0.434 e. The van der Waals surface area contributed by atoms with E-state index < -0.39 is 18.6 Å². The number of carbonyl (C=O) groups excluding carboxylic acids is 4. The van der Waals surface area contributed by atoms with Crippen molar-refractivity contribution in [3.63, 3.8) is 0 Å². The van der Waals surface area contributed by atoms with Crippen LogP contribution >= 0.6 is 0 Å². The molecule has 4 rings (SSSR count). The Bertz CT molecular complexity index is 1170. The minimum Gasteiger partial charge on any atom is -0.434 e. The normalized spacial score (nSPS) is 17.6. The molecular weight excluding hydrogens is 448 g/mol. The molecule has 0 bridgehead atoms. The number of benzene rings is 2. The van der Waals surface area contributed by atoms with E-state index in [2.05, 4.69) is 15.4 Å². The van der Waals surface area contributed by atoms with Crippen LogP contribution in [0.25, 0.3) is 0 Å². The molecule has 2 aliphatic rings. The standard InChI is InChI=1S/C24H23F2N3O5/c1-13-2-6-16(11-19(13)34-24(25)26)27-20(30)8-4-14-3-5-15-12-29(23(33)17(15)10-14)18-7-9-21(31)28-22(18)32/h2-3,5-6,10-11,18,24H,4,7-9,12H2,1H3,(H,27,30)(H,28,31,32). The highest BCUT2D eigenvalue weighted by Crippen LogP contribution is 2.29. The topological polar surface area (TPSA) is 105 Å². The molecule has 0 aliphatic carbocycles. The highest BCUT2D eigenvalue weighted by atomic mass is 19.3. The molecule has 8 nitrogen and oxygen atoms in total. The Morgan fingerprint density at radius 1 is 1.21 bits per heavy atom. The number of aryl methyl sites for hydroxylation is 2. The van der Waals surface area contributed by atoms with Gasteiger partial charge in [0.15, 0.2) is 0 Å². The molecule has 10 heteroatoms. The summed E-state index contributed by atoms with van der Waals surface area (Å²) in [5.74, 6) is -1.40. The summed E-state index contributed by atoms with van der Waals surface area (Å²) >= 11 is 0. The number of nitrogens with one attached hydrogen (secondary N) is 2. The Balaban J connectivity index is 1.37. The van der Waals surface area contributed by atoms with E-state index in [1.165, 1.54) is 11.0 Å². The number of hydrogen-bond acceptors (Lipinski definition) is 5. The molecule has 0 saturated carbocycles. The van der Waals surface area contributed by atoms with E-state index in [9.17, 15) is 28.0 Å². The summed E-state index contributed by atoms with van der Waals surface area (Å²) in [6, 6.07) is 9.19. The van der Waals surface area contributed by atoms with Gasteiger partial charge in [-0.15, -0.1) is 0 Å². The van der Waals surface area contributed by atoms with Gasteiger partial charge in [0, 0.05) is 36.7 Å². The van der Waals surface area contributed by atoms with Crippen LogP contribution in [0.1, 0.15) is 46.3 Å². The van der Waals surface area contributed by atoms with Gasteiger partial charge in [-0.25, -0.2) is 0 Å². The number of rotatable bonds is 7. The van der Waals surface area contributed by atoms with Crippen molar-refractivity contribution in [3.05, 3.63) is 58.7 Å². The monoisotopic (exact) mass is 471 g/mol. The van der Waals surface area contributed by atoms with Crippen LogP contribution in [-0.2, 0) is 27.3 Å². The zero-order chi connectivity index (χ0) is 24.4. The Kier molecular flexibility index (Phi) is 6.58. The molecule has 1 saturated heterocycles. The molecule has 1 unspecified atom stereocenters. The zero-order valence-corrected chi connectivity index (χ0v) is 18.4. The number of piperidine rings is 1. The number of anilines is 1. The molecule has 0 aromatic heterocycles. The van der Waals surface area contributed by atoms with E-state index in [0.717, 1.165) is 11.1 Å². The number of alkyl halides is 2. The average molecular weight is 471 g/mol. The van der Waals surface area contributed by atoms with Crippen molar-refractivity contribution < 1.29 is 32.7 Å². The van der Waals surface area contributed by atoms with E-state index in [1.54, 1.807) is 31.2 Å². The van der Waals surface area contributed by atoms with E-state index in [1.807, 2.05) is 6.07 Å². The number of nitrogens with zero attached hydrogens (tertiary/aromatic N) is 1. The number of hydrogen-bond donors (Lipinski definition) is 2. The number of fused-ring (bicyclic) bond motifs is 1. The summed E-state index contributed by atoms with van der Waals surface area (Å²) in [4.78, 5) is 50.3. The minimum absolute atomic E-state index is 0.00879. The molecule has 2 aromatic rings. The van der Waals surface area contributed by atoms with Crippen molar-refractivity contribution in [3.8, 4) is 5.75 Å². The second-order valence-corrected chi connectivity index (χ2v) is 8.30. The lowest BCUT2D eigenvalue weighted by Gasteiger charge is -2.29. The quantitative estimate of drug-likeness (QED) is 0.605. The Morgan fingerprint density at radius 2 is 2.00 bits per heavy atom. The SMILES string of the molecule is Cc1ccc(NC(=O)CCc2ccc3c(c2)C(=O)N(C2CCC(=O)NC2=O)C3)cc1OC(F)F. The predicted octanol–water partition coefficient (Wildman–Crippen LogP) is 2.93. The van der Waals surface area contributed by atoms with Gasteiger partial charge in [-0.1, -0.05) is 18.2 Å². The maximum atomic E-state index is 12.9. The Morgan fingerprint density at radius 3 is 2.74 bits per heavy atom. The fourth-order valence-electron chi connectivity index (χ4n) is 4.14. The number of imide groups is 1. The van der Waals surface area contributed by atoms with Gasteiger partial charge in [0.25, 0.3) is 5.91 Å². The maximum absolute atomic E-state index is 12.9. The Labute approximate surface area is 194 Å². The molecule has 2 N–H and O–H groups in total. The number of ether oxygens (including phenoxy) is 1. The molecule has 4 amide bonds. The average Bonchev–Trinajstić information content (AvgIpc) is 3.10. The number of carbonyl (C=O) groups is 4. The maximum Gasteiger partial charge on any atom is 0.387 e. The van der Waals surface area contributed by atoms with Crippen molar-refractivity contribution in [2.75, 3.05) is 5.32 Å². The van der Waals surface area contributed by atoms with Gasteiger partial charge in [0.1, 0.15) is 11.8 Å². The molecule has 0 spiro atoms. The first-order valence-corrected chi connectivity index (χ1v) is 10.8. The van der Waals surface area contributed by atoms with Crippen molar-refractivity contribution in [1.82, 2.24) is 10.2 Å². The van der Waals surface area contributed by atoms with E-state index in [0.29, 0.717) is 29.7 Å². The summed E-state index contributed by atoms with van der Waals surface area (Å²) in [5.41, 5.74) is 2.91. The molecule has 34 heavy (non-hydrogen) atoms. The molecular formula is C24H23F2N3O5. The smallest absolute Gasteiger partial charge is 0.387 e. The number of halogens is 2. The summed E-state index contributed by atoms with van der Waals surface area (Å²) in [7, 11) is 0. The fourth-order valence-corrected chi connectivity index (χ4v) is 4.14. The van der Waals surface area contributed by atoms with Gasteiger partial charge in [-0.3, -0.25) is 24.5 Å². The van der Waals surface area contributed by atoms with Gasteiger partial charge in [0.2, 0.25) is 17.7 Å². The second-order valence-electron chi connectivity index (χ2n) is 8.30. The highest BCUT2D eigenvalue weighted by Gasteiger charge is 2.39. The molecule has 0 radical (unpaired) electrons. The van der Waals surface area contributed by atoms with Crippen LogP contribution in [-0.4, -0.2) is 41.2 Å². The van der Waals surface area contributed by atoms with Gasteiger partial charge in [-0.05, 0) is 48.6 Å². The van der Waals surface area contributed by atoms with Crippen LogP contribution in [0.2, 0.25) is 0 Å². The predicted molar refractivity (Wildman–Crippen MR) is 117 cm³/mol. The lowest BCUT2D eigenvalue weighted by Crippen LogP contribution is -2.52. The van der Waals surface area contributed by atoms with Crippen LogP contribution < -0.4 is 15.4 Å². The first kappa shape index (κ1) is 23.3. The lowest BCUT2D eigenvalue weighted by molar-refractivity contribution is -0.137. The molecule has 1 atom stereocenters. The van der Waals surface area contributed by atoms with E-state index in [-0.39, 0.29) is 42.9 Å². The highest BCUT2D eigenvalue weighted by molar-refractivity contribution is 6.05. The third-order valence-electron chi connectivity index (χ3n) is 5.92. The van der Waals surface area contributed by atoms with Crippen LogP contribution in [0.3, 0.4) is 0 Å². The molecule has 2 aliphatic heterocycles. The molecule has 1 fully saturated rings. The van der Waals surface area contributed by atoms with E-state index >= 15 is 0 Å². The Hall–Kier alpha value is -3.82. The van der Waals surface area contributed by atoms with Gasteiger partial charge in [0.05, 0.1) is 0 Å². The number of amides is 4. The summed E-state index contributed by atoms with van der Waals surface area (Å²) < 4.78 is 29.5. The third-order valence-corrected chi connectivity index (χ3v) is 5.92. The lowest BCUT2D eigenvalue weighted by atomic mass is 10.0. The van der Waals surface area contributed by atoms with E-state index in [4.69, 9.17) is 0 Å². The second kappa shape index (κ2) is 9.58. The first-order chi connectivity index (χ1) is 16.2. The van der Waals surface area contributed by atoms with Gasteiger partial charge in [-0.2, -0.15) is 8.78 Å². The summed E-state index contributed by atoms with van der Waals surface area (Å²) in [6.45, 7) is -1.05.